The van der Waals surface area contributed by atoms with Gasteiger partial charge in [0, 0.05) is 0 Å². The lowest BCUT2D eigenvalue weighted by atomic mass is 10.1. The zero-order valence-corrected chi connectivity index (χ0v) is 11.0. The average Bonchev–Trinajstić information content (AvgIpc) is 2.40. The number of halogens is 2. The van der Waals surface area contributed by atoms with Gasteiger partial charge in [-0.2, -0.15) is 0 Å². The number of anilines is 1. The third kappa shape index (κ3) is 2.89. The molecule has 0 saturated carbocycles. The number of hydrogen-bond acceptors (Lipinski definition) is 2. The van der Waals surface area contributed by atoms with E-state index in [0.717, 1.165) is 18.2 Å². The maximum Gasteiger partial charge on any atom is 0.337 e. The molecule has 2 aromatic carbocycles. The summed E-state index contributed by atoms with van der Waals surface area (Å²) < 4.78 is 27.1. The fourth-order valence-electron chi connectivity index (χ4n) is 1.90. The number of aryl methyl sites for hydroxylation is 1. The zero-order chi connectivity index (χ0) is 15.6. The number of benzene rings is 2. The number of carbonyl (C=O) groups excluding carboxylic acids is 1. The van der Waals surface area contributed by atoms with Crippen LogP contribution in [-0.4, -0.2) is 17.0 Å². The van der Waals surface area contributed by atoms with Gasteiger partial charge in [-0.1, -0.05) is 18.2 Å². The van der Waals surface area contributed by atoms with Gasteiger partial charge in [-0.15, -0.1) is 0 Å². The summed E-state index contributed by atoms with van der Waals surface area (Å²) in [5, 5.41) is 11.3. The number of amides is 1. The molecule has 2 rings (SSSR count). The molecule has 0 aliphatic heterocycles. The fraction of sp³-hybridized carbons (Fsp3) is 0.0667. The van der Waals surface area contributed by atoms with E-state index < -0.39 is 29.1 Å². The summed E-state index contributed by atoms with van der Waals surface area (Å²) >= 11 is 0. The van der Waals surface area contributed by atoms with Crippen molar-refractivity contribution in [2.24, 2.45) is 0 Å². The first kappa shape index (κ1) is 14.6. The fourth-order valence-corrected chi connectivity index (χ4v) is 1.90. The van der Waals surface area contributed by atoms with Crippen LogP contribution in [0.3, 0.4) is 0 Å². The lowest BCUT2D eigenvalue weighted by Crippen LogP contribution is -2.18. The highest BCUT2D eigenvalue weighted by molar-refractivity contribution is 6.08. The Hall–Kier alpha value is -2.76. The van der Waals surface area contributed by atoms with Gasteiger partial charge in [0.05, 0.1) is 11.3 Å². The molecule has 0 aliphatic carbocycles. The van der Waals surface area contributed by atoms with Gasteiger partial charge in [-0.05, 0) is 30.7 Å². The normalized spacial score (nSPS) is 10.2. The molecule has 0 bridgehead atoms. The zero-order valence-electron chi connectivity index (χ0n) is 11.0. The Bertz CT molecular complexity index is 709. The summed E-state index contributed by atoms with van der Waals surface area (Å²) in [6, 6.07) is 7.43. The summed E-state index contributed by atoms with van der Waals surface area (Å²) in [6.45, 7) is 1.58. The second-order valence-electron chi connectivity index (χ2n) is 4.35. The van der Waals surface area contributed by atoms with Crippen molar-refractivity contribution in [1.82, 2.24) is 0 Å². The number of nitrogens with one attached hydrogen (secondary N) is 1. The monoisotopic (exact) mass is 291 g/mol. The Balaban J connectivity index is 2.44. The molecule has 2 aromatic rings. The van der Waals surface area contributed by atoms with Crippen molar-refractivity contribution in [2.75, 3.05) is 5.32 Å². The number of carbonyl (C=O) groups is 2. The first-order valence-electron chi connectivity index (χ1n) is 6.00. The minimum atomic E-state index is -1.25. The van der Waals surface area contributed by atoms with Crippen molar-refractivity contribution in [3.8, 4) is 0 Å². The van der Waals surface area contributed by atoms with Crippen LogP contribution in [0.15, 0.2) is 36.4 Å². The molecule has 0 radical (unpaired) electrons. The van der Waals surface area contributed by atoms with Crippen molar-refractivity contribution >= 4 is 17.6 Å². The van der Waals surface area contributed by atoms with Gasteiger partial charge >= 0.3 is 5.97 Å². The van der Waals surface area contributed by atoms with E-state index in [0.29, 0.717) is 5.56 Å². The molecule has 6 heteroatoms. The molecule has 108 valence electrons. The van der Waals surface area contributed by atoms with Gasteiger partial charge in [0.1, 0.15) is 17.2 Å². The molecule has 0 atom stereocenters. The van der Waals surface area contributed by atoms with Crippen LogP contribution < -0.4 is 5.32 Å². The predicted octanol–water partition coefficient (Wildman–Crippen LogP) is 3.22. The van der Waals surface area contributed by atoms with E-state index in [-0.39, 0.29) is 11.3 Å². The van der Waals surface area contributed by atoms with Crippen LogP contribution in [-0.2, 0) is 0 Å². The van der Waals surface area contributed by atoms with Crippen molar-refractivity contribution in [2.45, 2.75) is 6.92 Å². The first-order chi connectivity index (χ1) is 9.91. The lowest BCUT2D eigenvalue weighted by molar-refractivity contribution is 0.0698. The molecule has 1 amide bonds. The Morgan fingerprint density at radius 2 is 1.62 bits per heavy atom. The number of rotatable bonds is 3. The van der Waals surface area contributed by atoms with Crippen LogP contribution in [0.5, 0.6) is 0 Å². The van der Waals surface area contributed by atoms with E-state index in [4.69, 9.17) is 5.11 Å². The Morgan fingerprint density at radius 1 is 1.05 bits per heavy atom. The van der Waals surface area contributed by atoms with Crippen LogP contribution in [0, 0.1) is 18.6 Å². The van der Waals surface area contributed by atoms with Crippen molar-refractivity contribution in [3.05, 3.63) is 64.7 Å². The summed E-state index contributed by atoms with van der Waals surface area (Å²) in [7, 11) is 0. The standard InChI is InChI=1S/C15H11F2NO3/c1-8-4-2-5-9(15(20)21)13(8)18-14(19)12-10(16)6-3-7-11(12)17/h2-7H,1H3,(H,18,19)(H,20,21). The molecule has 2 N–H and O–H groups in total. The lowest BCUT2D eigenvalue weighted by Gasteiger charge is -2.12. The van der Waals surface area contributed by atoms with Crippen LogP contribution >= 0.6 is 0 Å². The van der Waals surface area contributed by atoms with Gasteiger partial charge in [0.25, 0.3) is 5.91 Å². The molecule has 0 fully saturated rings. The maximum atomic E-state index is 13.5. The molecule has 0 aliphatic rings. The number of aromatic carboxylic acids is 1. The van der Waals surface area contributed by atoms with Crippen molar-refractivity contribution < 1.29 is 23.5 Å². The molecule has 0 unspecified atom stereocenters. The van der Waals surface area contributed by atoms with Crippen LogP contribution in [0.2, 0.25) is 0 Å². The highest BCUT2D eigenvalue weighted by Crippen LogP contribution is 2.22. The van der Waals surface area contributed by atoms with E-state index in [1.54, 1.807) is 13.0 Å². The molecule has 0 saturated heterocycles. The van der Waals surface area contributed by atoms with E-state index >= 15 is 0 Å². The number of carboxylic acid groups (broad SMARTS) is 1. The highest BCUT2D eigenvalue weighted by atomic mass is 19.1. The highest BCUT2D eigenvalue weighted by Gasteiger charge is 2.20. The van der Waals surface area contributed by atoms with E-state index in [1.165, 1.54) is 12.1 Å². The largest absolute Gasteiger partial charge is 0.478 e. The van der Waals surface area contributed by atoms with E-state index in [9.17, 15) is 18.4 Å². The number of para-hydroxylation sites is 1. The third-order valence-electron chi connectivity index (χ3n) is 2.93. The molecule has 0 spiro atoms. The minimum absolute atomic E-state index is 0.0117. The van der Waals surface area contributed by atoms with Crippen LogP contribution in [0.25, 0.3) is 0 Å². The van der Waals surface area contributed by atoms with Crippen LogP contribution in [0.4, 0.5) is 14.5 Å². The smallest absolute Gasteiger partial charge is 0.337 e. The summed E-state index contributed by atoms with van der Waals surface area (Å²) in [6.07, 6.45) is 0. The molecule has 4 nitrogen and oxygen atoms in total. The maximum absolute atomic E-state index is 13.5. The van der Waals surface area contributed by atoms with Gasteiger partial charge in [-0.3, -0.25) is 4.79 Å². The average molecular weight is 291 g/mol. The SMILES string of the molecule is Cc1cccc(C(=O)O)c1NC(=O)c1c(F)cccc1F. The summed E-state index contributed by atoms with van der Waals surface area (Å²) in [4.78, 5) is 23.1. The second kappa shape index (κ2) is 5.70. The molecular weight excluding hydrogens is 280 g/mol. The number of hydrogen-bond donors (Lipinski definition) is 2. The van der Waals surface area contributed by atoms with Gasteiger partial charge < -0.3 is 10.4 Å². The second-order valence-corrected chi connectivity index (χ2v) is 4.35. The molecule has 21 heavy (non-hydrogen) atoms. The quantitative estimate of drug-likeness (QED) is 0.912. The molecular formula is C15H11F2NO3. The van der Waals surface area contributed by atoms with Crippen molar-refractivity contribution in [3.63, 3.8) is 0 Å². The molecule has 0 heterocycles. The van der Waals surface area contributed by atoms with Crippen molar-refractivity contribution in [1.29, 1.82) is 0 Å². The Labute approximate surface area is 119 Å². The topological polar surface area (TPSA) is 66.4 Å². The van der Waals surface area contributed by atoms with E-state index in [2.05, 4.69) is 5.32 Å². The minimum Gasteiger partial charge on any atom is -0.478 e. The summed E-state index contributed by atoms with van der Waals surface area (Å²) in [5.41, 5.74) is -0.421. The van der Waals surface area contributed by atoms with E-state index in [1.807, 2.05) is 0 Å². The van der Waals surface area contributed by atoms with Gasteiger partial charge in [0.15, 0.2) is 0 Å². The Morgan fingerprint density at radius 3 is 2.19 bits per heavy atom. The van der Waals surface area contributed by atoms with Crippen LogP contribution in [0.1, 0.15) is 26.3 Å². The molecule has 0 aromatic heterocycles. The third-order valence-corrected chi connectivity index (χ3v) is 2.93. The first-order valence-corrected chi connectivity index (χ1v) is 6.00. The van der Waals surface area contributed by atoms with Gasteiger partial charge in [0.2, 0.25) is 0 Å². The number of carboxylic acids is 1. The predicted molar refractivity (Wildman–Crippen MR) is 72.4 cm³/mol. The Kier molecular flexibility index (Phi) is 3.98. The van der Waals surface area contributed by atoms with Gasteiger partial charge in [-0.25, -0.2) is 13.6 Å². The summed E-state index contributed by atoms with van der Waals surface area (Å²) in [5.74, 6) is -4.32.